The van der Waals surface area contributed by atoms with E-state index in [0.717, 1.165) is 18.0 Å². The number of thiophene rings is 1. The Morgan fingerprint density at radius 2 is 2.19 bits per heavy atom. The zero-order valence-electron chi connectivity index (χ0n) is 14.9. The van der Waals surface area contributed by atoms with Crippen molar-refractivity contribution in [3.8, 4) is 5.75 Å². The number of nitrogens with one attached hydrogen (secondary N) is 1. The third-order valence-corrected chi connectivity index (χ3v) is 5.43. The van der Waals surface area contributed by atoms with E-state index in [1.54, 1.807) is 11.3 Å². The number of methoxy groups -OCH3 is 1. The first-order valence-electron chi connectivity index (χ1n) is 8.56. The molecule has 8 nitrogen and oxygen atoms in total. The molecule has 9 heteroatoms. The van der Waals surface area contributed by atoms with Gasteiger partial charge in [0.2, 0.25) is 0 Å². The maximum absolute atomic E-state index is 12.6. The third kappa shape index (κ3) is 4.62. The summed E-state index contributed by atoms with van der Waals surface area (Å²) in [6.07, 6.45) is 0. The average molecular weight is 391 g/mol. The van der Waals surface area contributed by atoms with Gasteiger partial charge in [-0.15, -0.1) is 11.3 Å². The number of hydrogen-bond donors (Lipinski definition) is 1. The summed E-state index contributed by atoms with van der Waals surface area (Å²) in [5, 5.41) is 16.1. The van der Waals surface area contributed by atoms with Gasteiger partial charge in [0.1, 0.15) is 0 Å². The molecule has 1 aliphatic heterocycles. The van der Waals surface area contributed by atoms with Gasteiger partial charge in [-0.2, -0.15) is 0 Å². The van der Waals surface area contributed by atoms with E-state index < -0.39 is 4.92 Å². The molecule has 27 heavy (non-hydrogen) atoms. The van der Waals surface area contributed by atoms with E-state index in [2.05, 4.69) is 16.3 Å². The zero-order chi connectivity index (χ0) is 19.2. The molecule has 0 bridgehead atoms. The second-order valence-electron chi connectivity index (χ2n) is 6.03. The molecule has 0 aliphatic carbocycles. The molecule has 1 aliphatic rings. The second kappa shape index (κ2) is 8.94. The Morgan fingerprint density at radius 1 is 1.41 bits per heavy atom. The Kier molecular flexibility index (Phi) is 6.38. The van der Waals surface area contributed by atoms with Crippen molar-refractivity contribution in [2.75, 3.05) is 40.0 Å². The number of amides is 1. The van der Waals surface area contributed by atoms with Gasteiger partial charge < -0.3 is 14.8 Å². The van der Waals surface area contributed by atoms with Crippen molar-refractivity contribution in [1.82, 2.24) is 10.2 Å². The number of hydrogen-bond acceptors (Lipinski definition) is 7. The lowest BCUT2D eigenvalue weighted by molar-refractivity contribution is -0.385. The van der Waals surface area contributed by atoms with E-state index in [-0.39, 0.29) is 28.9 Å². The first kappa shape index (κ1) is 19.3. The minimum Gasteiger partial charge on any atom is -0.490 e. The molecule has 1 aromatic heterocycles. The topological polar surface area (TPSA) is 93.9 Å². The van der Waals surface area contributed by atoms with Crippen molar-refractivity contribution in [2.45, 2.75) is 6.04 Å². The van der Waals surface area contributed by atoms with Gasteiger partial charge in [-0.3, -0.25) is 19.8 Å². The number of rotatable bonds is 7. The lowest BCUT2D eigenvalue weighted by atomic mass is 10.1. The lowest BCUT2D eigenvalue weighted by Gasteiger charge is -2.34. The van der Waals surface area contributed by atoms with Crippen molar-refractivity contribution in [3.63, 3.8) is 0 Å². The Hall–Kier alpha value is -2.49. The molecule has 1 unspecified atom stereocenters. The van der Waals surface area contributed by atoms with Crippen LogP contribution in [0, 0.1) is 10.1 Å². The maximum atomic E-state index is 12.6. The highest BCUT2D eigenvalue weighted by molar-refractivity contribution is 7.10. The van der Waals surface area contributed by atoms with Crippen LogP contribution in [0.15, 0.2) is 35.7 Å². The Bertz CT molecular complexity index is 790. The van der Waals surface area contributed by atoms with Crippen molar-refractivity contribution in [3.05, 3.63) is 56.3 Å². The number of benzene rings is 1. The van der Waals surface area contributed by atoms with E-state index in [1.807, 2.05) is 11.4 Å². The number of carbonyl (C=O) groups is 1. The fourth-order valence-corrected chi connectivity index (χ4v) is 3.91. The second-order valence-corrected chi connectivity index (χ2v) is 7.01. The highest BCUT2D eigenvalue weighted by Gasteiger charge is 2.25. The van der Waals surface area contributed by atoms with E-state index in [9.17, 15) is 14.9 Å². The van der Waals surface area contributed by atoms with Crippen LogP contribution >= 0.6 is 11.3 Å². The third-order valence-electron chi connectivity index (χ3n) is 4.45. The minimum absolute atomic E-state index is 0.0473. The van der Waals surface area contributed by atoms with Crippen molar-refractivity contribution in [2.24, 2.45) is 0 Å². The molecule has 1 saturated heterocycles. The molecule has 2 heterocycles. The molecule has 1 aromatic carbocycles. The predicted molar refractivity (Wildman–Crippen MR) is 101 cm³/mol. The zero-order valence-corrected chi connectivity index (χ0v) is 15.7. The van der Waals surface area contributed by atoms with Crippen LogP contribution in [0.4, 0.5) is 5.69 Å². The fraction of sp³-hybridized carbons (Fsp3) is 0.389. The smallest absolute Gasteiger partial charge is 0.311 e. The number of carbonyl (C=O) groups excluding carboxylic acids is 1. The Labute approximate surface area is 160 Å². The van der Waals surface area contributed by atoms with Crippen LogP contribution in [-0.2, 0) is 4.74 Å². The summed E-state index contributed by atoms with van der Waals surface area (Å²) >= 11 is 1.64. The predicted octanol–water partition coefficient (Wildman–Crippen LogP) is 2.47. The summed E-state index contributed by atoms with van der Waals surface area (Å²) in [7, 11) is 1.36. The first-order valence-corrected chi connectivity index (χ1v) is 9.44. The van der Waals surface area contributed by atoms with Crippen molar-refractivity contribution >= 4 is 22.9 Å². The van der Waals surface area contributed by atoms with Crippen LogP contribution in [0.5, 0.6) is 5.75 Å². The summed E-state index contributed by atoms with van der Waals surface area (Å²) in [4.78, 5) is 26.6. The molecule has 3 rings (SSSR count). The van der Waals surface area contributed by atoms with E-state index in [0.29, 0.717) is 19.8 Å². The molecule has 1 fully saturated rings. The maximum Gasteiger partial charge on any atom is 0.311 e. The normalized spacial score (nSPS) is 15.9. The van der Waals surface area contributed by atoms with Gasteiger partial charge in [0.25, 0.3) is 5.91 Å². The highest BCUT2D eigenvalue weighted by Crippen LogP contribution is 2.28. The number of nitro groups is 1. The molecule has 144 valence electrons. The first-order chi connectivity index (χ1) is 13.1. The van der Waals surface area contributed by atoms with Gasteiger partial charge in [0, 0.05) is 36.1 Å². The number of nitro benzene ring substituents is 1. The SMILES string of the molecule is COc1ccc(C(=O)NCC(c2cccs2)N2CCOCC2)cc1[N+](=O)[O-]. The Morgan fingerprint density at radius 3 is 2.81 bits per heavy atom. The minimum atomic E-state index is -0.558. The molecule has 0 saturated carbocycles. The molecule has 1 amide bonds. The summed E-state index contributed by atoms with van der Waals surface area (Å²) in [6, 6.07) is 8.29. The van der Waals surface area contributed by atoms with E-state index in [1.165, 1.54) is 25.3 Å². The van der Waals surface area contributed by atoms with Gasteiger partial charge >= 0.3 is 5.69 Å². The van der Waals surface area contributed by atoms with Crippen LogP contribution in [0.2, 0.25) is 0 Å². The van der Waals surface area contributed by atoms with E-state index >= 15 is 0 Å². The van der Waals surface area contributed by atoms with Crippen LogP contribution in [0.25, 0.3) is 0 Å². The standard InChI is InChI=1S/C18H21N3O5S/c1-25-16-5-4-13(11-14(16)21(23)24)18(22)19-12-15(17-3-2-10-27-17)20-6-8-26-9-7-20/h2-5,10-11,15H,6-9,12H2,1H3,(H,19,22). The van der Waals surface area contributed by atoms with Gasteiger partial charge in [-0.05, 0) is 23.6 Å². The molecular weight excluding hydrogens is 370 g/mol. The number of ether oxygens (including phenoxy) is 2. The summed E-state index contributed by atoms with van der Waals surface area (Å²) in [5.74, 6) is -0.225. The molecule has 0 radical (unpaired) electrons. The van der Waals surface area contributed by atoms with Crippen molar-refractivity contribution < 1.29 is 19.2 Å². The number of nitrogens with zero attached hydrogens (tertiary/aromatic N) is 2. The van der Waals surface area contributed by atoms with Gasteiger partial charge in [0.15, 0.2) is 5.75 Å². The van der Waals surface area contributed by atoms with Gasteiger partial charge in [-0.25, -0.2) is 0 Å². The summed E-state index contributed by atoms with van der Waals surface area (Å²) in [6.45, 7) is 3.35. The van der Waals surface area contributed by atoms with Crippen LogP contribution in [0.1, 0.15) is 21.3 Å². The molecule has 2 aromatic rings. The highest BCUT2D eigenvalue weighted by atomic mass is 32.1. The number of morpholine rings is 1. The molecule has 1 N–H and O–H groups in total. The van der Waals surface area contributed by atoms with Crippen LogP contribution in [-0.4, -0.2) is 55.7 Å². The molecule has 1 atom stereocenters. The van der Waals surface area contributed by atoms with E-state index in [4.69, 9.17) is 9.47 Å². The average Bonchev–Trinajstić information content (AvgIpc) is 3.22. The summed E-state index contributed by atoms with van der Waals surface area (Å²) in [5.41, 5.74) is 0.00235. The van der Waals surface area contributed by atoms with Crippen LogP contribution < -0.4 is 10.1 Å². The van der Waals surface area contributed by atoms with Gasteiger partial charge in [-0.1, -0.05) is 6.07 Å². The largest absolute Gasteiger partial charge is 0.490 e. The molecular formula is C18H21N3O5S. The van der Waals surface area contributed by atoms with Gasteiger partial charge in [0.05, 0.1) is 31.3 Å². The quantitative estimate of drug-likeness (QED) is 0.576. The lowest BCUT2D eigenvalue weighted by Crippen LogP contribution is -2.43. The fourth-order valence-electron chi connectivity index (χ4n) is 3.04. The van der Waals surface area contributed by atoms with Crippen LogP contribution in [0.3, 0.4) is 0 Å². The molecule has 0 spiro atoms. The van der Waals surface area contributed by atoms with Crippen molar-refractivity contribution in [1.29, 1.82) is 0 Å². The monoisotopic (exact) mass is 391 g/mol. The Balaban J connectivity index is 1.72. The summed E-state index contributed by atoms with van der Waals surface area (Å²) < 4.78 is 10.4.